The van der Waals surface area contributed by atoms with E-state index in [-0.39, 0.29) is 0 Å². The number of carbonyl (C=O) groups is 1. The number of aryl methyl sites for hydroxylation is 1. The molecule has 11 heavy (non-hydrogen) atoms. The number of carboxylic acids is 1. The zero-order chi connectivity index (χ0) is 8.27. The molecule has 0 saturated heterocycles. The zero-order valence-corrected chi connectivity index (χ0v) is 7.15. The lowest BCUT2D eigenvalue weighted by molar-refractivity contribution is 0.0702. The summed E-state index contributed by atoms with van der Waals surface area (Å²) >= 11 is 1.30. The molecular weight excluding hydrogens is 160 g/mol. The molecule has 0 bridgehead atoms. The predicted octanol–water partition coefficient (Wildman–Crippen LogP) is 2.40. The number of rotatable bonds is 3. The van der Waals surface area contributed by atoms with Gasteiger partial charge in [-0.1, -0.05) is 13.3 Å². The monoisotopic (exact) mass is 170 g/mol. The van der Waals surface area contributed by atoms with Crippen LogP contribution in [0.4, 0.5) is 0 Å². The average molecular weight is 170 g/mol. The van der Waals surface area contributed by atoms with Crippen molar-refractivity contribution in [2.24, 2.45) is 0 Å². The van der Waals surface area contributed by atoms with Gasteiger partial charge in [-0.2, -0.15) is 0 Å². The van der Waals surface area contributed by atoms with Crippen molar-refractivity contribution in [1.29, 1.82) is 0 Å². The number of hydrogen-bond donors (Lipinski definition) is 1. The van der Waals surface area contributed by atoms with Crippen LogP contribution in [0.15, 0.2) is 11.4 Å². The van der Waals surface area contributed by atoms with Crippen LogP contribution in [0.25, 0.3) is 0 Å². The van der Waals surface area contributed by atoms with Crippen LogP contribution < -0.4 is 0 Å². The van der Waals surface area contributed by atoms with Crippen LogP contribution in [-0.4, -0.2) is 11.1 Å². The second-order valence-corrected chi connectivity index (χ2v) is 3.29. The van der Waals surface area contributed by atoms with E-state index in [1.54, 1.807) is 6.07 Å². The molecule has 60 valence electrons. The van der Waals surface area contributed by atoms with Gasteiger partial charge in [0.15, 0.2) is 0 Å². The predicted molar refractivity (Wildman–Crippen MR) is 45.3 cm³/mol. The smallest absolute Gasteiger partial charge is 0.345 e. The SMILES string of the molecule is CCCc1csc(C(=O)O)c1. The Kier molecular flexibility index (Phi) is 2.65. The third-order valence-corrected chi connectivity index (χ3v) is 2.37. The number of carboxylic acid groups (broad SMARTS) is 1. The number of aromatic carboxylic acids is 1. The molecule has 1 N–H and O–H groups in total. The minimum absolute atomic E-state index is 0.438. The highest BCUT2D eigenvalue weighted by Crippen LogP contribution is 2.15. The van der Waals surface area contributed by atoms with Crippen molar-refractivity contribution in [2.75, 3.05) is 0 Å². The van der Waals surface area contributed by atoms with Gasteiger partial charge in [0.1, 0.15) is 4.88 Å². The van der Waals surface area contributed by atoms with E-state index < -0.39 is 5.97 Å². The summed E-state index contributed by atoms with van der Waals surface area (Å²) in [5, 5.41) is 10.5. The molecule has 0 saturated carbocycles. The Morgan fingerprint density at radius 2 is 2.45 bits per heavy atom. The van der Waals surface area contributed by atoms with Gasteiger partial charge in [-0.3, -0.25) is 0 Å². The average Bonchev–Trinajstić information content (AvgIpc) is 2.37. The van der Waals surface area contributed by atoms with Gasteiger partial charge in [-0.05, 0) is 23.4 Å². The fourth-order valence-electron chi connectivity index (χ4n) is 0.908. The summed E-state index contributed by atoms with van der Waals surface area (Å²) in [4.78, 5) is 10.9. The standard InChI is InChI=1S/C8H10O2S/c1-2-3-6-4-7(8(9)10)11-5-6/h4-5H,2-3H2,1H3,(H,9,10). The molecule has 0 atom stereocenters. The summed E-state index contributed by atoms with van der Waals surface area (Å²) in [5.41, 5.74) is 1.13. The minimum Gasteiger partial charge on any atom is -0.477 e. The van der Waals surface area contributed by atoms with E-state index >= 15 is 0 Å². The van der Waals surface area contributed by atoms with Crippen LogP contribution in [0, 0.1) is 0 Å². The third-order valence-electron chi connectivity index (χ3n) is 1.40. The third kappa shape index (κ3) is 2.05. The van der Waals surface area contributed by atoms with Crippen molar-refractivity contribution in [3.63, 3.8) is 0 Å². The largest absolute Gasteiger partial charge is 0.477 e. The molecule has 0 radical (unpaired) electrons. The van der Waals surface area contributed by atoms with Crippen molar-refractivity contribution in [2.45, 2.75) is 19.8 Å². The van der Waals surface area contributed by atoms with Gasteiger partial charge in [-0.15, -0.1) is 11.3 Å². The van der Waals surface area contributed by atoms with Crippen LogP contribution in [0.2, 0.25) is 0 Å². The zero-order valence-electron chi connectivity index (χ0n) is 6.33. The Balaban J connectivity index is 2.73. The highest BCUT2D eigenvalue weighted by atomic mass is 32.1. The van der Waals surface area contributed by atoms with E-state index in [1.165, 1.54) is 11.3 Å². The Bertz CT molecular complexity index is 252. The maximum Gasteiger partial charge on any atom is 0.345 e. The molecule has 0 aliphatic rings. The molecule has 1 rings (SSSR count). The van der Waals surface area contributed by atoms with E-state index in [9.17, 15) is 4.79 Å². The van der Waals surface area contributed by atoms with Crippen molar-refractivity contribution >= 4 is 17.3 Å². The number of hydrogen-bond acceptors (Lipinski definition) is 2. The lowest BCUT2D eigenvalue weighted by Crippen LogP contribution is -1.90. The lowest BCUT2D eigenvalue weighted by Gasteiger charge is -1.87. The van der Waals surface area contributed by atoms with Gasteiger partial charge in [-0.25, -0.2) is 4.79 Å². The van der Waals surface area contributed by atoms with Crippen LogP contribution >= 0.6 is 11.3 Å². The molecule has 0 aliphatic carbocycles. The molecule has 1 heterocycles. The van der Waals surface area contributed by atoms with Crippen molar-refractivity contribution < 1.29 is 9.90 Å². The summed E-state index contributed by atoms with van der Waals surface area (Å²) in [7, 11) is 0. The van der Waals surface area contributed by atoms with Gasteiger partial charge in [0, 0.05) is 0 Å². The van der Waals surface area contributed by atoms with Crippen LogP contribution in [0.1, 0.15) is 28.6 Å². The fraction of sp³-hybridized carbons (Fsp3) is 0.375. The van der Waals surface area contributed by atoms with E-state index in [4.69, 9.17) is 5.11 Å². The normalized spacial score (nSPS) is 9.91. The highest BCUT2D eigenvalue weighted by molar-refractivity contribution is 7.12. The second kappa shape index (κ2) is 3.53. The van der Waals surface area contributed by atoms with E-state index in [0.717, 1.165) is 18.4 Å². The second-order valence-electron chi connectivity index (χ2n) is 2.37. The molecule has 0 unspecified atom stereocenters. The topological polar surface area (TPSA) is 37.3 Å². The summed E-state index contributed by atoms with van der Waals surface area (Å²) in [6, 6.07) is 1.75. The highest BCUT2D eigenvalue weighted by Gasteiger charge is 2.05. The van der Waals surface area contributed by atoms with Crippen molar-refractivity contribution in [3.8, 4) is 0 Å². The first-order valence-electron chi connectivity index (χ1n) is 3.54. The van der Waals surface area contributed by atoms with E-state index in [1.807, 2.05) is 5.38 Å². The molecular formula is C8H10O2S. The van der Waals surface area contributed by atoms with Crippen LogP contribution in [-0.2, 0) is 6.42 Å². The van der Waals surface area contributed by atoms with E-state index in [2.05, 4.69) is 6.92 Å². The Labute approximate surface area is 69.5 Å². The molecule has 1 aromatic heterocycles. The Hall–Kier alpha value is -0.830. The number of thiophene rings is 1. The lowest BCUT2D eigenvalue weighted by atomic mass is 10.2. The van der Waals surface area contributed by atoms with Gasteiger partial charge >= 0.3 is 5.97 Å². The maximum absolute atomic E-state index is 10.4. The van der Waals surface area contributed by atoms with Crippen molar-refractivity contribution in [3.05, 3.63) is 21.9 Å². The molecule has 0 aliphatic heterocycles. The van der Waals surface area contributed by atoms with Gasteiger partial charge < -0.3 is 5.11 Å². The molecule has 0 fully saturated rings. The first kappa shape index (κ1) is 8.27. The Morgan fingerprint density at radius 3 is 2.91 bits per heavy atom. The molecule has 1 aromatic rings. The summed E-state index contributed by atoms with van der Waals surface area (Å²) in [6.45, 7) is 2.08. The van der Waals surface area contributed by atoms with E-state index in [0.29, 0.717) is 4.88 Å². The van der Waals surface area contributed by atoms with Crippen molar-refractivity contribution in [1.82, 2.24) is 0 Å². The molecule has 2 nitrogen and oxygen atoms in total. The first-order valence-corrected chi connectivity index (χ1v) is 4.42. The van der Waals surface area contributed by atoms with Crippen LogP contribution in [0.3, 0.4) is 0 Å². The molecule has 3 heteroatoms. The summed E-state index contributed by atoms with van der Waals surface area (Å²) in [6.07, 6.45) is 2.04. The molecule has 0 aromatic carbocycles. The fourth-order valence-corrected chi connectivity index (χ4v) is 1.69. The Morgan fingerprint density at radius 1 is 1.73 bits per heavy atom. The van der Waals surface area contributed by atoms with Crippen LogP contribution in [0.5, 0.6) is 0 Å². The van der Waals surface area contributed by atoms with Gasteiger partial charge in [0.05, 0.1) is 0 Å². The maximum atomic E-state index is 10.4. The van der Waals surface area contributed by atoms with Gasteiger partial charge in [0.2, 0.25) is 0 Å². The molecule has 0 spiro atoms. The molecule has 0 amide bonds. The summed E-state index contributed by atoms with van der Waals surface area (Å²) < 4.78 is 0. The summed E-state index contributed by atoms with van der Waals surface area (Å²) in [5.74, 6) is -0.822. The van der Waals surface area contributed by atoms with Gasteiger partial charge in [0.25, 0.3) is 0 Å². The quantitative estimate of drug-likeness (QED) is 0.756. The first-order chi connectivity index (χ1) is 5.24. The minimum atomic E-state index is -0.822.